The minimum atomic E-state index is -4.00. The first-order valence-electron chi connectivity index (χ1n) is 3.68. The van der Waals surface area contributed by atoms with Crippen molar-refractivity contribution in [3.63, 3.8) is 0 Å². The summed E-state index contributed by atoms with van der Waals surface area (Å²) in [6, 6.07) is 0.0709. The van der Waals surface area contributed by atoms with E-state index in [4.69, 9.17) is 0 Å². The Hall–Kier alpha value is -0.250. The second-order valence-electron chi connectivity index (χ2n) is 3.26. The summed E-state index contributed by atoms with van der Waals surface area (Å²) in [6.07, 6.45) is -3.75. The molecule has 1 saturated heterocycles. The summed E-state index contributed by atoms with van der Waals surface area (Å²) in [5.74, 6) is -1.11. The molecule has 1 rings (SSSR count). The molecule has 1 nitrogen and oxygen atoms in total. The van der Waals surface area contributed by atoms with E-state index in [1.807, 2.05) is 6.92 Å². The Labute approximate surface area is 64.2 Å². The van der Waals surface area contributed by atoms with Gasteiger partial charge in [0.05, 0.1) is 5.92 Å². The summed E-state index contributed by atoms with van der Waals surface area (Å²) in [7, 11) is 1.73. The van der Waals surface area contributed by atoms with E-state index in [1.54, 1.807) is 11.9 Å². The molecule has 0 bridgehead atoms. The highest BCUT2D eigenvalue weighted by molar-refractivity contribution is 4.83. The number of likely N-dealkylation sites (tertiary alicyclic amines) is 1. The molecule has 1 aliphatic rings. The van der Waals surface area contributed by atoms with Crippen LogP contribution in [0.5, 0.6) is 0 Å². The smallest absolute Gasteiger partial charge is 0.303 e. The third-order valence-corrected chi connectivity index (χ3v) is 2.35. The molecule has 0 N–H and O–H groups in total. The SMILES string of the molecule is CC1C[C@@H](C(F)(F)F)CN1C. The van der Waals surface area contributed by atoms with Crippen LogP contribution in [0.2, 0.25) is 0 Å². The van der Waals surface area contributed by atoms with Crippen LogP contribution in [0.1, 0.15) is 13.3 Å². The van der Waals surface area contributed by atoms with Gasteiger partial charge >= 0.3 is 6.18 Å². The molecule has 1 aliphatic heterocycles. The summed E-state index contributed by atoms with van der Waals surface area (Å²) in [6.45, 7) is 1.98. The molecule has 0 spiro atoms. The quantitative estimate of drug-likeness (QED) is 0.532. The number of alkyl halides is 3. The van der Waals surface area contributed by atoms with Crippen LogP contribution in [0.25, 0.3) is 0 Å². The van der Waals surface area contributed by atoms with Crippen molar-refractivity contribution in [2.45, 2.75) is 25.6 Å². The summed E-state index contributed by atoms with van der Waals surface area (Å²) < 4.78 is 36.2. The normalized spacial score (nSPS) is 34.6. The fourth-order valence-electron chi connectivity index (χ4n) is 1.43. The molecule has 0 aromatic rings. The second-order valence-corrected chi connectivity index (χ2v) is 3.26. The van der Waals surface area contributed by atoms with Gasteiger partial charge in [-0.25, -0.2) is 0 Å². The van der Waals surface area contributed by atoms with Gasteiger partial charge in [0.25, 0.3) is 0 Å². The van der Waals surface area contributed by atoms with E-state index in [2.05, 4.69) is 0 Å². The van der Waals surface area contributed by atoms with E-state index in [0.717, 1.165) is 0 Å². The number of halogens is 3. The van der Waals surface area contributed by atoms with Crippen LogP contribution >= 0.6 is 0 Å². The van der Waals surface area contributed by atoms with Crippen molar-refractivity contribution in [1.82, 2.24) is 4.90 Å². The molecule has 1 unspecified atom stereocenters. The average Bonchev–Trinajstić information content (AvgIpc) is 2.11. The fraction of sp³-hybridized carbons (Fsp3) is 1.00. The van der Waals surface area contributed by atoms with Crippen molar-refractivity contribution in [3.8, 4) is 0 Å². The van der Waals surface area contributed by atoms with Gasteiger partial charge in [0.2, 0.25) is 0 Å². The molecular formula is C7H12F3N. The summed E-state index contributed by atoms with van der Waals surface area (Å²) >= 11 is 0. The van der Waals surface area contributed by atoms with E-state index in [9.17, 15) is 13.2 Å². The van der Waals surface area contributed by atoms with Gasteiger partial charge in [0.15, 0.2) is 0 Å². The number of hydrogen-bond donors (Lipinski definition) is 0. The van der Waals surface area contributed by atoms with E-state index < -0.39 is 12.1 Å². The Morgan fingerprint density at radius 1 is 1.36 bits per heavy atom. The zero-order valence-corrected chi connectivity index (χ0v) is 6.65. The van der Waals surface area contributed by atoms with Gasteiger partial charge < -0.3 is 4.90 Å². The van der Waals surface area contributed by atoms with Crippen molar-refractivity contribution in [3.05, 3.63) is 0 Å². The van der Waals surface area contributed by atoms with Crippen molar-refractivity contribution >= 4 is 0 Å². The lowest BCUT2D eigenvalue weighted by Crippen LogP contribution is -2.26. The molecule has 4 heteroatoms. The molecule has 0 saturated carbocycles. The lowest BCUT2D eigenvalue weighted by atomic mass is 10.1. The predicted octanol–water partition coefficient (Wildman–Crippen LogP) is 1.89. The topological polar surface area (TPSA) is 3.24 Å². The predicted molar refractivity (Wildman–Crippen MR) is 36.3 cm³/mol. The molecule has 1 heterocycles. The van der Waals surface area contributed by atoms with Gasteiger partial charge in [-0.05, 0) is 20.4 Å². The average molecular weight is 167 g/mol. The molecular weight excluding hydrogens is 155 g/mol. The van der Waals surface area contributed by atoms with Gasteiger partial charge in [-0.2, -0.15) is 13.2 Å². The first kappa shape index (κ1) is 8.84. The van der Waals surface area contributed by atoms with E-state index in [0.29, 0.717) is 0 Å². The maximum Gasteiger partial charge on any atom is 0.393 e. The Bertz CT molecular complexity index is 133. The third-order valence-electron chi connectivity index (χ3n) is 2.35. The van der Waals surface area contributed by atoms with Gasteiger partial charge in [0.1, 0.15) is 0 Å². The first-order chi connectivity index (χ1) is 4.91. The zero-order valence-electron chi connectivity index (χ0n) is 6.65. The summed E-state index contributed by atoms with van der Waals surface area (Å²) in [4.78, 5) is 1.75. The van der Waals surface area contributed by atoms with Gasteiger partial charge in [-0.1, -0.05) is 0 Å². The van der Waals surface area contributed by atoms with Gasteiger partial charge in [0, 0.05) is 12.6 Å². The molecule has 2 atom stereocenters. The largest absolute Gasteiger partial charge is 0.393 e. The van der Waals surface area contributed by atoms with Crippen molar-refractivity contribution in [2.75, 3.05) is 13.6 Å². The lowest BCUT2D eigenvalue weighted by Gasteiger charge is -2.14. The highest BCUT2D eigenvalue weighted by atomic mass is 19.4. The van der Waals surface area contributed by atoms with Crippen LogP contribution < -0.4 is 0 Å². The maximum atomic E-state index is 12.1. The first-order valence-corrected chi connectivity index (χ1v) is 3.68. The number of rotatable bonds is 0. The molecule has 0 amide bonds. The highest BCUT2D eigenvalue weighted by Gasteiger charge is 2.44. The molecule has 1 fully saturated rings. The van der Waals surface area contributed by atoms with Crippen molar-refractivity contribution in [1.29, 1.82) is 0 Å². The Morgan fingerprint density at radius 2 is 1.91 bits per heavy atom. The van der Waals surface area contributed by atoms with E-state index in [1.165, 1.54) is 0 Å². The molecule has 0 radical (unpaired) electrons. The summed E-state index contributed by atoms with van der Waals surface area (Å²) in [5, 5.41) is 0. The monoisotopic (exact) mass is 167 g/mol. The molecule has 0 aliphatic carbocycles. The lowest BCUT2D eigenvalue weighted by molar-refractivity contribution is -0.170. The van der Waals surface area contributed by atoms with Crippen LogP contribution in [0.3, 0.4) is 0 Å². The van der Waals surface area contributed by atoms with E-state index >= 15 is 0 Å². The number of hydrogen-bond acceptors (Lipinski definition) is 1. The van der Waals surface area contributed by atoms with Crippen LogP contribution in [-0.2, 0) is 0 Å². The zero-order chi connectivity index (χ0) is 8.65. The Balaban J connectivity index is 2.54. The molecule has 11 heavy (non-hydrogen) atoms. The van der Waals surface area contributed by atoms with Crippen LogP contribution in [0.15, 0.2) is 0 Å². The van der Waals surface area contributed by atoms with Crippen molar-refractivity contribution < 1.29 is 13.2 Å². The number of nitrogens with zero attached hydrogens (tertiary/aromatic N) is 1. The summed E-state index contributed by atoms with van der Waals surface area (Å²) in [5.41, 5.74) is 0. The Kier molecular flexibility index (Phi) is 2.14. The molecule has 66 valence electrons. The molecule has 0 aromatic heterocycles. The Morgan fingerprint density at radius 3 is 2.09 bits per heavy atom. The third kappa shape index (κ3) is 1.86. The van der Waals surface area contributed by atoms with E-state index in [-0.39, 0.29) is 19.0 Å². The highest BCUT2D eigenvalue weighted by Crippen LogP contribution is 2.35. The minimum Gasteiger partial charge on any atom is -0.303 e. The fourth-order valence-corrected chi connectivity index (χ4v) is 1.43. The van der Waals surface area contributed by atoms with Crippen LogP contribution in [0.4, 0.5) is 13.2 Å². The van der Waals surface area contributed by atoms with Gasteiger partial charge in [-0.3, -0.25) is 0 Å². The maximum absolute atomic E-state index is 12.1. The standard InChI is InChI=1S/C7H12F3N/c1-5-3-6(4-11(5)2)7(8,9)10/h5-6H,3-4H2,1-2H3/t5?,6-/m1/s1. The second kappa shape index (κ2) is 2.66. The van der Waals surface area contributed by atoms with Crippen LogP contribution in [0, 0.1) is 5.92 Å². The minimum absolute atomic E-state index is 0.0709. The van der Waals surface area contributed by atoms with Gasteiger partial charge in [-0.15, -0.1) is 0 Å². The van der Waals surface area contributed by atoms with Crippen molar-refractivity contribution in [2.24, 2.45) is 5.92 Å². The van der Waals surface area contributed by atoms with Crippen LogP contribution in [-0.4, -0.2) is 30.7 Å². The molecule has 0 aromatic carbocycles.